The number of hydrogen-bond donors (Lipinski definition) is 1. The second-order valence-electron chi connectivity index (χ2n) is 4.06. The summed E-state index contributed by atoms with van der Waals surface area (Å²) in [6.45, 7) is 4.88. The highest BCUT2D eigenvalue weighted by Gasteiger charge is 2.31. The Morgan fingerprint density at radius 2 is 2.07 bits per heavy atom. The van der Waals surface area contributed by atoms with Crippen LogP contribution < -0.4 is 5.32 Å². The third-order valence-corrected chi connectivity index (χ3v) is 2.25. The number of carbonyl (C=O) groups is 2. The summed E-state index contributed by atoms with van der Waals surface area (Å²) in [5.41, 5.74) is 0. The minimum Gasteiger partial charge on any atom is -0.287 e. The van der Waals surface area contributed by atoms with Crippen molar-refractivity contribution in [2.24, 2.45) is 10.9 Å². The molecule has 5 nitrogen and oxygen atoms in total. The number of rotatable bonds is 4. The van der Waals surface area contributed by atoms with Crippen LogP contribution in [-0.4, -0.2) is 36.3 Å². The molecule has 1 aliphatic rings. The Bertz CT molecular complexity index is 297. The molecule has 1 saturated heterocycles. The number of urea groups is 1. The Hall–Kier alpha value is -1.39. The van der Waals surface area contributed by atoms with Crippen LogP contribution in [0.4, 0.5) is 4.79 Å². The lowest BCUT2D eigenvalue weighted by Crippen LogP contribution is -2.25. The highest BCUT2D eigenvalue weighted by Crippen LogP contribution is 2.04. The van der Waals surface area contributed by atoms with E-state index in [0.717, 1.165) is 17.7 Å². The van der Waals surface area contributed by atoms with Crippen molar-refractivity contribution in [1.29, 1.82) is 0 Å². The summed E-state index contributed by atoms with van der Waals surface area (Å²) in [7, 11) is 1.44. The van der Waals surface area contributed by atoms with E-state index < -0.39 is 6.03 Å². The molecular formula is C10H17N3O2. The molecular weight excluding hydrogens is 194 g/mol. The van der Waals surface area contributed by atoms with Crippen molar-refractivity contribution in [1.82, 2.24) is 10.2 Å². The van der Waals surface area contributed by atoms with Gasteiger partial charge in [-0.05, 0) is 18.8 Å². The normalized spacial score (nSPS) is 19.2. The van der Waals surface area contributed by atoms with Crippen LogP contribution in [0.1, 0.15) is 26.7 Å². The topological polar surface area (TPSA) is 61.8 Å². The Balaban J connectivity index is 2.41. The van der Waals surface area contributed by atoms with E-state index in [-0.39, 0.29) is 11.7 Å². The third kappa shape index (κ3) is 3.04. The van der Waals surface area contributed by atoms with Gasteiger partial charge in [0.1, 0.15) is 0 Å². The molecule has 0 unspecified atom stereocenters. The Kier molecular flexibility index (Phi) is 3.82. The van der Waals surface area contributed by atoms with Crippen LogP contribution in [0.15, 0.2) is 4.99 Å². The molecule has 84 valence electrons. The fourth-order valence-corrected chi connectivity index (χ4v) is 1.29. The van der Waals surface area contributed by atoms with Crippen molar-refractivity contribution in [3.05, 3.63) is 0 Å². The number of likely N-dealkylation sites (N-methyl/N-ethyl adjacent to an activating group) is 1. The van der Waals surface area contributed by atoms with Gasteiger partial charge in [-0.25, -0.2) is 4.79 Å². The van der Waals surface area contributed by atoms with Gasteiger partial charge in [0, 0.05) is 13.6 Å². The summed E-state index contributed by atoms with van der Waals surface area (Å²) in [6.07, 6.45) is 2.02. The van der Waals surface area contributed by atoms with Gasteiger partial charge in [-0.3, -0.25) is 20.0 Å². The van der Waals surface area contributed by atoms with Crippen molar-refractivity contribution in [3.63, 3.8) is 0 Å². The summed E-state index contributed by atoms with van der Waals surface area (Å²) < 4.78 is 0. The van der Waals surface area contributed by atoms with Gasteiger partial charge in [0.05, 0.1) is 0 Å². The maximum atomic E-state index is 11.4. The van der Waals surface area contributed by atoms with Gasteiger partial charge < -0.3 is 0 Å². The van der Waals surface area contributed by atoms with Crippen LogP contribution in [0.5, 0.6) is 0 Å². The molecule has 0 aromatic carbocycles. The van der Waals surface area contributed by atoms with E-state index in [1.807, 2.05) is 0 Å². The molecule has 0 aromatic heterocycles. The second kappa shape index (κ2) is 4.91. The van der Waals surface area contributed by atoms with Crippen LogP contribution in [0.25, 0.3) is 0 Å². The van der Waals surface area contributed by atoms with E-state index in [1.54, 1.807) is 0 Å². The first-order valence-electron chi connectivity index (χ1n) is 5.16. The first-order valence-corrected chi connectivity index (χ1v) is 5.16. The zero-order valence-electron chi connectivity index (χ0n) is 9.41. The standard InChI is InChI=1S/C10H17N3O2/c1-7(2)5-4-6-11-8-9(14)13(3)10(15)12-8/h7H,4-6H2,1-3H3,(H,11,12,15). The van der Waals surface area contributed by atoms with E-state index in [1.165, 1.54) is 7.05 Å². The van der Waals surface area contributed by atoms with Gasteiger partial charge >= 0.3 is 6.03 Å². The molecule has 5 heteroatoms. The van der Waals surface area contributed by atoms with Crippen LogP contribution in [0.3, 0.4) is 0 Å². The molecule has 1 aliphatic heterocycles. The van der Waals surface area contributed by atoms with E-state index in [4.69, 9.17) is 0 Å². The molecule has 3 amide bonds. The van der Waals surface area contributed by atoms with Crippen molar-refractivity contribution < 1.29 is 9.59 Å². The average Bonchev–Trinajstić information content (AvgIpc) is 2.41. The zero-order valence-corrected chi connectivity index (χ0v) is 9.41. The number of carbonyl (C=O) groups excluding carboxylic acids is 2. The lowest BCUT2D eigenvalue weighted by Gasteiger charge is -2.01. The van der Waals surface area contributed by atoms with Crippen molar-refractivity contribution in [2.45, 2.75) is 26.7 Å². The SMILES string of the molecule is CC(C)CCCN=C1NC(=O)N(C)C1=O. The summed E-state index contributed by atoms with van der Waals surface area (Å²) in [5, 5.41) is 2.43. The largest absolute Gasteiger partial charge is 0.329 e. The lowest BCUT2D eigenvalue weighted by atomic mass is 10.1. The molecule has 0 radical (unpaired) electrons. The highest BCUT2D eigenvalue weighted by molar-refractivity contribution is 6.46. The van der Waals surface area contributed by atoms with Gasteiger partial charge in [-0.15, -0.1) is 0 Å². The fraction of sp³-hybridized carbons (Fsp3) is 0.700. The van der Waals surface area contributed by atoms with Crippen LogP contribution in [0.2, 0.25) is 0 Å². The number of hydrogen-bond acceptors (Lipinski definition) is 3. The quantitative estimate of drug-likeness (QED) is 0.557. The third-order valence-electron chi connectivity index (χ3n) is 2.25. The van der Waals surface area contributed by atoms with Crippen molar-refractivity contribution >= 4 is 17.8 Å². The minimum absolute atomic E-state index is 0.172. The minimum atomic E-state index is -0.400. The van der Waals surface area contributed by atoms with E-state index in [9.17, 15) is 9.59 Å². The monoisotopic (exact) mass is 211 g/mol. The molecule has 0 aliphatic carbocycles. The molecule has 0 spiro atoms. The fourth-order valence-electron chi connectivity index (χ4n) is 1.29. The number of amides is 3. The van der Waals surface area contributed by atoms with Gasteiger partial charge in [0.15, 0.2) is 5.84 Å². The number of amidine groups is 1. The van der Waals surface area contributed by atoms with Gasteiger partial charge in [-0.2, -0.15) is 0 Å². The summed E-state index contributed by atoms with van der Waals surface area (Å²) in [6, 6.07) is -0.400. The number of nitrogens with zero attached hydrogens (tertiary/aromatic N) is 2. The maximum Gasteiger partial charge on any atom is 0.329 e. The highest BCUT2D eigenvalue weighted by atomic mass is 16.2. The smallest absolute Gasteiger partial charge is 0.287 e. The molecule has 0 atom stereocenters. The average molecular weight is 211 g/mol. The van der Waals surface area contributed by atoms with Crippen LogP contribution >= 0.6 is 0 Å². The van der Waals surface area contributed by atoms with Gasteiger partial charge in [0.2, 0.25) is 0 Å². The van der Waals surface area contributed by atoms with Crippen molar-refractivity contribution in [2.75, 3.05) is 13.6 Å². The summed E-state index contributed by atoms with van der Waals surface area (Å²) >= 11 is 0. The second-order valence-corrected chi connectivity index (χ2v) is 4.06. The van der Waals surface area contributed by atoms with E-state index in [0.29, 0.717) is 12.5 Å². The molecule has 1 N–H and O–H groups in total. The van der Waals surface area contributed by atoms with Crippen LogP contribution in [-0.2, 0) is 4.79 Å². The summed E-state index contributed by atoms with van der Waals surface area (Å²) in [5.74, 6) is 0.470. The molecule has 0 bridgehead atoms. The Labute approximate surface area is 89.5 Å². The number of nitrogens with one attached hydrogen (secondary N) is 1. The van der Waals surface area contributed by atoms with Gasteiger partial charge in [-0.1, -0.05) is 13.8 Å². The molecule has 0 saturated carbocycles. The summed E-state index contributed by atoms with van der Waals surface area (Å²) in [4.78, 5) is 27.5. The Morgan fingerprint density at radius 3 is 2.53 bits per heavy atom. The predicted octanol–water partition coefficient (Wildman–Crippen LogP) is 1.00. The van der Waals surface area contributed by atoms with E-state index >= 15 is 0 Å². The molecule has 1 heterocycles. The molecule has 1 rings (SSSR count). The van der Waals surface area contributed by atoms with Crippen LogP contribution in [0, 0.1) is 5.92 Å². The maximum absolute atomic E-state index is 11.4. The van der Waals surface area contributed by atoms with Gasteiger partial charge in [0.25, 0.3) is 5.91 Å². The molecule has 1 fully saturated rings. The molecule has 0 aromatic rings. The zero-order chi connectivity index (χ0) is 11.4. The number of aliphatic imine (C=N–C) groups is 1. The number of imide groups is 1. The lowest BCUT2D eigenvalue weighted by molar-refractivity contribution is -0.119. The first-order chi connectivity index (χ1) is 7.02. The predicted molar refractivity (Wildman–Crippen MR) is 57.7 cm³/mol. The molecule has 15 heavy (non-hydrogen) atoms. The van der Waals surface area contributed by atoms with Crippen molar-refractivity contribution in [3.8, 4) is 0 Å². The Morgan fingerprint density at radius 1 is 1.40 bits per heavy atom. The first kappa shape index (κ1) is 11.7. The van der Waals surface area contributed by atoms with E-state index in [2.05, 4.69) is 24.2 Å².